The predicted octanol–water partition coefficient (Wildman–Crippen LogP) is -0.210. The minimum Gasteiger partial charge on any atom is -0.345 e. The number of carbonyl (C=O) groups is 1. The molecule has 78 valence electrons. The van der Waals surface area contributed by atoms with Gasteiger partial charge < -0.3 is 16.0 Å². The minimum atomic E-state index is -0.150. The Balaban J connectivity index is 3.95. The average Bonchev–Trinajstić information content (AvgIpc) is 2.14. The van der Waals surface area contributed by atoms with Crippen LogP contribution >= 0.6 is 0 Å². The maximum Gasteiger partial charge on any atom is 0.239 e. The molecule has 0 aromatic heterocycles. The summed E-state index contributed by atoms with van der Waals surface area (Å²) in [5.41, 5.74) is 5.44. The largest absolute Gasteiger partial charge is 0.345 e. The van der Waals surface area contributed by atoms with Crippen LogP contribution in [-0.4, -0.2) is 43.0 Å². The molecule has 13 heavy (non-hydrogen) atoms. The fourth-order valence-electron chi connectivity index (χ4n) is 1.05. The van der Waals surface area contributed by atoms with E-state index in [0.29, 0.717) is 6.54 Å². The monoisotopic (exact) mass is 187 g/mol. The van der Waals surface area contributed by atoms with Gasteiger partial charge in [0.25, 0.3) is 0 Å². The van der Waals surface area contributed by atoms with E-state index in [-0.39, 0.29) is 18.0 Å². The number of carbonyl (C=O) groups excluding carboxylic acids is 1. The summed E-state index contributed by atoms with van der Waals surface area (Å²) < 4.78 is 0. The maximum absolute atomic E-state index is 11.5. The van der Waals surface area contributed by atoms with Crippen LogP contribution in [0.3, 0.4) is 0 Å². The lowest BCUT2D eigenvalue weighted by Gasteiger charge is -2.23. The van der Waals surface area contributed by atoms with Crippen LogP contribution in [0.2, 0.25) is 0 Å². The van der Waals surface area contributed by atoms with Gasteiger partial charge >= 0.3 is 0 Å². The van der Waals surface area contributed by atoms with Crippen LogP contribution in [0.4, 0.5) is 0 Å². The molecule has 0 aliphatic rings. The van der Waals surface area contributed by atoms with E-state index in [4.69, 9.17) is 5.73 Å². The minimum absolute atomic E-state index is 0.114. The Labute approximate surface area is 80.5 Å². The van der Waals surface area contributed by atoms with Crippen LogP contribution in [-0.2, 0) is 4.79 Å². The number of nitrogens with one attached hydrogen (secondary N) is 1. The third-order valence-electron chi connectivity index (χ3n) is 2.11. The van der Waals surface area contributed by atoms with Gasteiger partial charge in [-0.2, -0.15) is 0 Å². The lowest BCUT2D eigenvalue weighted by atomic mass is 10.2. The summed E-state index contributed by atoms with van der Waals surface area (Å²) in [5, 5.41) is 3.13. The molecule has 3 N–H and O–H groups in total. The first-order valence-corrected chi connectivity index (χ1v) is 4.74. The Morgan fingerprint density at radius 3 is 2.46 bits per heavy atom. The maximum atomic E-state index is 11.5. The molecule has 0 saturated carbocycles. The topological polar surface area (TPSA) is 58.4 Å². The van der Waals surface area contributed by atoms with E-state index >= 15 is 0 Å². The molecule has 0 heterocycles. The van der Waals surface area contributed by atoms with E-state index in [1.54, 1.807) is 11.9 Å². The highest BCUT2D eigenvalue weighted by atomic mass is 16.2. The first kappa shape index (κ1) is 12.4. The van der Waals surface area contributed by atoms with Crippen molar-refractivity contribution in [2.24, 2.45) is 5.73 Å². The molecule has 0 spiro atoms. The smallest absolute Gasteiger partial charge is 0.239 e. The SMILES string of the molecule is CCN(C)C(=O)C(C)NC(C)CN. The lowest BCUT2D eigenvalue weighted by molar-refractivity contribution is -0.131. The van der Waals surface area contributed by atoms with E-state index in [1.807, 2.05) is 20.8 Å². The summed E-state index contributed by atoms with van der Waals surface area (Å²) in [4.78, 5) is 13.2. The molecule has 2 atom stereocenters. The van der Waals surface area contributed by atoms with Gasteiger partial charge in [-0.15, -0.1) is 0 Å². The number of likely N-dealkylation sites (N-methyl/N-ethyl adjacent to an activating group) is 1. The van der Waals surface area contributed by atoms with Crippen molar-refractivity contribution < 1.29 is 4.79 Å². The van der Waals surface area contributed by atoms with Crippen molar-refractivity contribution in [3.63, 3.8) is 0 Å². The summed E-state index contributed by atoms with van der Waals surface area (Å²) in [6.45, 7) is 7.07. The summed E-state index contributed by atoms with van der Waals surface area (Å²) in [7, 11) is 1.80. The zero-order valence-corrected chi connectivity index (χ0v) is 9.00. The molecule has 4 nitrogen and oxygen atoms in total. The summed E-state index contributed by atoms with van der Waals surface area (Å²) >= 11 is 0. The molecule has 0 aliphatic heterocycles. The van der Waals surface area contributed by atoms with Crippen molar-refractivity contribution in [1.29, 1.82) is 0 Å². The molecule has 0 saturated heterocycles. The molecule has 1 amide bonds. The molecule has 0 fully saturated rings. The Kier molecular flexibility index (Phi) is 5.66. The number of hydrogen-bond acceptors (Lipinski definition) is 3. The molecular weight excluding hydrogens is 166 g/mol. The third kappa shape index (κ3) is 4.24. The van der Waals surface area contributed by atoms with Crippen molar-refractivity contribution >= 4 is 5.91 Å². The number of amides is 1. The number of nitrogens with two attached hydrogens (primary N) is 1. The zero-order chi connectivity index (χ0) is 10.4. The van der Waals surface area contributed by atoms with Gasteiger partial charge in [0.2, 0.25) is 5.91 Å². The van der Waals surface area contributed by atoms with Gasteiger partial charge in [-0.05, 0) is 20.8 Å². The van der Waals surface area contributed by atoms with E-state index < -0.39 is 0 Å². The van der Waals surface area contributed by atoms with E-state index in [9.17, 15) is 4.79 Å². The number of hydrogen-bond donors (Lipinski definition) is 2. The fraction of sp³-hybridized carbons (Fsp3) is 0.889. The van der Waals surface area contributed by atoms with Gasteiger partial charge in [0.15, 0.2) is 0 Å². The van der Waals surface area contributed by atoms with Crippen LogP contribution < -0.4 is 11.1 Å². The lowest BCUT2D eigenvalue weighted by Crippen LogP contribution is -2.48. The standard InChI is InChI=1S/C9H21N3O/c1-5-12(4)9(13)8(3)11-7(2)6-10/h7-8,11H,5-6,10H2,1-4H3. The van der Waals surface area contributed by atoms with Crippen molar-refractivity contribution in [2.75, 3.05) is 20.1 Å². The third-order valence-corrected chi connectivity index (χ3v) is 2.11. The zero-order valence-electron chi connectivity index (χ0n) is 9.00. The Hall–Kier alpha value is -0.610. The summed E-state index contributed by atoms with van der Waals surface area (Å²) in [6.07, 6.45) is 0. The Morgan fingerprint density at radius 1 is 1.54 bits per heavy atom. The van der Waals surface area contributed by atoms with Gasteiger partial charge in [-0.3, -0.25) is 4.79 Å². The molecule has 0 aromatic rings. The second kappa shape index (κ2) is 5.94. The molecular formula is C9H21N3O. The van der Waals surface area contributed by atoms with Crippen molar-refractivity contribution in [1.82, 2.24) is 10.2 Å². The van der Waals surface area contributed by atoms with Gasteiger partial charge in [0, 0.05) is 26.2 Å². The van der Waals surface area contributed by atoms with E-state index in [1.165, 1.54) is 0 Å². The van der Waals surface area contributed by atoms with Crippen molar-refractivity contribution in [3.8, 4) is 0 Å². The molecule has 2 unspecified atom stereocenters. The Bertz CT molecular complexity index is 161. The first-order chi connectivity index (χ1) is 6.02. The van der Waals surface area contributed by atoms with Gasteiger partial charge in [-0.1, -0.05) is 0 Å². The van der Waals surface area contributed by atoms with Crippen LogP contribution in [0.15, 0.2) is 0 Å². The normalized spacial score (nSPS) is 15.2. The van der Waals surface area contributed by atoms with Gasteiger partial charge in [-0.25, -0.2) is 0 Å². The molecule has 0 rings (SSSR count). The van der Waals surface area contributed by atoms with Crippen LogP contribution in [0.1, 0.15) is 20.8 Å². The molecule has 0 bridgehead atoms. The van der Waals surface area contributed by atoms with Gasteiger partial charge in [0.05, 0.1) is 6.04 Å². The average molecular weight is 187 g/mol. The summed E-state index contributed by atoms with van der Waals surface area (Å²) in [5.74, 6) is 0.114. The second-order valence-electron chi connectivity index (χ2n) is 3.38. The van der Waals surface area contributed by atoms with E-state index in [2.05, 4.69) is 5.32 Å². The summed E-state index contributed by atoms with van der Waals surface area (Å²) in [6, 6.07) is 0.0349. The predicted molar refractivity (Wildman–Crippen MR) is 54.4 cm³/mol. The number of rotatable bonds is 5. The fourth-order valence-corrected chi connectivity index (χ4v) is 1.05. The highest BCUT2D eigenvalue weighted by molar-refractivity contribution is 5.81. The second-order valence-corrected chi connectivity index (χ2v) is 3.38. The highest BCUT2D eigenvalue weighted by Crippen LogP contribution is 1.92. The van der Waals surface area contributed by atoms with Crippen LogP contribution in [0.25, 0.3) is 0 Å². The quantitative estimate of drug-likeness (QED) is 0.626. The Morgan fingerprint density at radius 2 is 2.08 bits per heavy atom. The number of nitrogens with zero attached hydrogens (tertiary/aromatic N) is 1. The van der Waals surface area contributed by atoms with E-state index in [0.717, 1.165) is 6.54 Å². The van der Waals surface area contributed by atoms with Crippen molar-refractivity contribution in [3.05, 3.63) is 0 Å². The molecule has 0 aliphatic carbocycles. The van der Waals surface area contributed by atoms with Crippen LogP contribution in [0.5, 0.6) is 0 Å². The van der Waals surface area contributed by atoms with Gasteiger partial charge in [0.1, 0.15) is 0 Å². The molecule has 0 aromatic carbocycles. The molecule has 4 heteroatoms. The van der Waals surface area contributed by atoms with Crippen molar-refractivity contribution in [2.45, 2.75) is 32.9 Å². The molecule has 0 radical (unpaired) electrons. The van der Waals surface area contributed by atoms with Crippen LogP contribution in [0, 0.1) is 0 Å². The highest BCUT2D eigenvalue weighted by Gasteiger charge is 2.16. The first-order valence-electron chi connectivity index (χ1n) is 4.74.